The molecule has 0 bridgehead atoms. The van der Waals surface area contributed by atoms with Gasteiger partial charge in [0.2, 0.25) is 0 Å². The van der Waals surface area contributed by atoms with Crippen molar-refractivity contribution in [1.82, 2.24) is 0 Å². The summed E-state index contributed by atoms with van der Waals surface area (Å²) < 4.78 is 15.4. The van der Waals surface area contributed by atoms with E-state index in [0.717, 1.165) is 5.69 Å². The molecule has 1 N–H and O–H groups in total. The van der Waals surface area contributed by atoms with Gasteiger partial charge in [-0.1, -0.05) is 0 Å². The zero-order chi connectivity index (χ0) is 19.1. The van der Waals surface area contributed by atoms with Crippen molar-refractivity contribution < 1.29 is 23.8 Å². The molecule has 2 aromatic rings. The van der Waals surface area contributed by atoms with Crippen LogP contribution in [0.25, 0.3) is 0 Å². The van der Waals surface area contributed by atoms with E-state index in [4.69, 9.17) is 14.2 Å². The average molecular weight is 358 g/mol. The first-order valence-corrected chi connectivity index (χ1v) is 7.91. The predicted molar refractivity (Wildman–Crippen MR) is 99.2 cm³/mol. The van der Waals surface area contributed by atoms with E-state index in [9.17, 15) is 9.59 Å². The lowest BCUT2D eigenvalue weighted by molar-refractivity contribution is -0.119. The van der Waals surface area contributed by atoms with Gasteiger partial charge in [-0.15, -0.1) is 0 Å². The molecule has 0 heterocycles. The number of carbonyl (C=O) groups is 2. The van der Waals surface area contributed by atoms with Crippen molar-refractivity contribution in [2.75, 3.05) is 45.1 Å². The van der Waals surface area contributed by atoms with Crippen molar-refractivity contribution >= 4 is 23.3 Å². The highest BCUT2D eigenvalue weighted by atomic mass is 16.5. The van der Waals surface area contributed by atoms with E-state index in [0.29, 0.717) is 22.7 Å². The number of anilines is 2. The summed E-state index contributed by atoms with van der Waals surface area (Å²) in [5, 5.41) is 2.64. The van der Waals surface area contributed by atoms with Crippen LogP contribution in [0.1, 0.15) is 10.4 Å². The molecule has 0 atom stereocenters. The third kappa shape index (κ3) is 4.89. The highest BCUT2D eigenvalue weighted by molar-refractivity contribution is 5.96. The van der Waals surface area contributed by atoms with Crippen molar-refractivity contribution in [2.24, 2.45) is 0 Å². The molecule has 0 unspecified atom stereocenters. The normalized spacial score (nSPS) is 10.0. The molecule has 2 rings (SSSR count). The zero-order valence-corrected chi connectivity index (χ0v) is 15.2. The quantitative estimate of drug-likeness (QED) is 0.767. The Morgan fingerprint density at radius 1 is 1.00 bits per heavy atom. The van der Waals surface area contributed by atoms with Crippen molar-refractivity contribution in [2.45, 2.75) is 0 Å². The number of esters is 1. The minimum atomic E-state index is -0.563. The SMILES string of the molecule is COc1ccc(NC(=O)COC(=O)c2ccc(N(C)C)cc2)c(OC)c1. The van der Waals surface area contributed by atoms with Gasteiger partial charge >= 0.3 is 5.97 Å². The smallest absolute Gasteiger partial charge is 0.338 e. The Hall–Kier alpha value is -3.22. The zero-order valence-electron chi connectivity index (χ0n) is 15.2. The molecule has 0 saturated heterocycles. The largest absolute Gasteiger partial charge is 0.497 e. The van der Waals surface area contributed by atoms with Crippen LogP contribution in [0, 0.1) is 0 Å². The maximum atomic E-state index is 12.0. The number of rotatable bonds is 7. The van der Waals surface area contributed by atoms with Crippen LogP contribution < -0.4 is 19.7 Å². The Balaban J connectivity index is 1.93. The lowest BCUT2D eigenvalue weighted by Crippen LogP contribution is -2.21. The summed E-state index contributed by atoms with van der Waals surface area (Å²) in [7, 11) is 6.84. The van der Waals surface area contributed by atoms with Crippen LogP contribution in [0.5, 0.6) is 11.5 Å². The third-order valence-electron chi connectivity index (χ3n) is 3.64. The number of nitrogens with one attached hydrogen (secondary N) is 1. The van der Waals surface area contributed by atoms with E-state index in [1.165, 1.54) is 14.2 Å². The molecule has 0 aliphatic carbocycles. The summed E-state index contributed by atoms with van der Waals surface area (Å²) >= 11 is 0. The highest BCUT2D eigenvalue weighted by Crippen LogP contribution is 2.28. The number of methoxy groups -OCH3 is 2. The Morgan fingerprint density at radius 2 is 1.69 bits per heavy atom. The van der Waals surface area contributed by atoms with Gasteiger partial charge < -0.3 is 24.4 Å². The van der Waals surface area contributed by atoms with Crippen LogP contribution in [-0.4, -0.2) is 46.8 Å². The minimum absolute atomic E-state index is 0.380. The minimum Gasteiger partial charge on any atom is -0.497 e. The second-order valence-corrected chi connectivity index (χ2v) is 5.63. The lowest BCUT2D eigenvalue weighted by atomic mass is 10.2. The van der Waals surface area contributed by atoms with Crippen LogP contribution >= 0.6 is 0 Å². The third-order valence-corrected chi connectivity index (χ3v) is 3.64. The number of hydrogen-bond donors (Lipinski definition) is 1. The lowest BCUT2D eigenvalue weighted by Gasteiger charge is -2.13. The molecule has 7 nitrogen and oxygen atoms in total. The van der Waals surface area contributed by atoms with Crippen LogP contribution in [0.3, 0.4) is 0 Å². The first kappa shape index (κ1) is 19.1. The molecule has 0 aliphatic rings. The van der Waals surface area contributed by atoms with Gasteiger partial charge in [0, 0.05) is 25.8 Å². The van der Waals surface area contributed by atoms with Crippen molar-refractivity contribution in [1.29, 1.82) is 0 Å². The van der Waals surface area contributed by atoms with Crippen molar-refractivity contribution in [3.63, 3.8) is 0 Å². The summed E-state index contributed by atoms with van der Waals surface area (Å²) in [6, 6.07) is 11.9. The first-order chi connectivity index (χ1) is 12.4. The average Bonchev–Trinajstić information content (AvgIpc) is 2.66. The number of amides is 1. The van der Waals surface area contributed by atoms with E-state index >= 15 is 0 Å². The second kappa shape index (κ2) is 8.75. The van der Waals surface area contributed by atoms with E-state index in [2.05, 4.69) is 5.32 Å². The number of hydrogen-bond acceptors (Lipinski definition) is 6. The number of carbonyl (C=O) groups excluding carboxylic acids is 2. The summed E-state index contributed by atoms with van der Waals surface area (Å²) in [6.45, 7) is -0.399. The summed E-state index contributed by atoms with van der Waals surface area (Å²) in [4.78, 5) is 26.0. The molecule has 0 saturated carbocycles. The monoisotopic (exact) mass is 358 g/mol. The Kier molecular flexibility index (Phi) is 6.43. The fourth-order valence-corrected chi connectivity index (χ4v) is 2.20. The Bertz CT molecular complexity index is 772. The Morgan fingerprint density at radius 3 is 2.27 bits per heavy atom. The van der Waals surface area contributed by atoms with Gasteiger partial charge in [-0.2, -0.15) is 0 Å². The van der Waals surface area contributed by atoms with E-state index in [1.54, 1.807) is 42.5 Å². The van der Waals surface area contributed by atoms with Gasteiger partial charge in [0.25, 0.3) is 5.91 Å². The molecule has 26 heavy (non-hydrogen) atoms. The van der Waals surface area contributed by atoms with Crippen molar-refractivity contribution in [3.05, 3.63) is 48.0 Å². The fourth-order valence-electron chi connectivity index (χ4n) is 2.20. The second-order valence-electron chi connectivity index (χ2n) is 5.63. The van der Waals surface area contributed by atoms with Gasteiger partial charge in [0.05, 0.1) is 25.5 Å². The van der Waals surface area contributed by atoms with Gasteiger partial charge in [-0.3, -0.25) is 4.79 Å². The summed E-state index contributed by atoms with van der Waals surface area (Å²) in [5.41, 5.74) is 1.81. The van der Waals surface area contributed by atoms with E-state index < -0.39 is 18.5 Å². The molecule has 0 aliphatic heterocycles. The maximum Gasteiger partial charge on any atom is 0.338 e. The van der Waals surface area contributed by atoms with Gasteiger partial charge in [0.1, 0.15) is 11.5 Å². The molecule has 0 fully saturated rings. The highest BCUT2D eigenvalue weighted by Gasteiger charge is 2.13. The van der Waals surface area contributed by atoms with Crippen LogP contribution in [0.2, 0.25) is 0 Å². The molecule has 138 valence electrons. The van der Waals surface area contributed by atoms with E-state index in [1.807, 2.05) is 19.0 Å². The number of nitrogens with zero attached hydrogens (tertiary/aromatic N) is 1. The van der Waals surface area contributed by atoms with Crippen LogP contribution in [0.4, 0.5) is 11.4 Å². The van der Waals surface area contributed by atoms with Gasteiger partial charge in [-0.25, -0.2) is 4.79 Å². The van der Waals surface area contributed by atoms with Crippen LogP contribution in [-0.2, 0) is 9.53 Å². The molecule has 2 aromatic carbocycles. The summed E-state index contributed by atoms with van der Waals surface area (Å²) in [5.74, 6) is 0.0228. The Labute approximate surface area is 152 Å². The maximum absolute atomic E-state index is 12.0. The number of benzene rings is 2. The van der Waals surface area contributed by atoms with Gasteiger partial charge in [0.15, 0.2) is 6.61 Å². The molecule has 0 radical (unpaired) electrons. The molecule has 0 aromatic heterocycles. The van der Waals surface area contributed by atoms with Crippen LogP contribution in [0.15, 0.2) is 42.5 Å². The molecular weight excluding hydrogens is 336 g/mol. The van der Waals surface area contributed by atoms with Gasteiger partial charge in [-0.05, 0) is 36.4 Å². The number of ether oxygens (including phenoxy) is 3. The summed E-state index contributed by atoms with van der Waals surface area (Å²) in [6.07, 6.45) is 0. The van der Waals surface area contributed by atoms with Crippen molar-refractivity contribution in [3.8, 4) is 11.5 Å². The molecule has 7 heteroatoms. The molecular formula is C19H22N2O5. The topological polar surface area (TPSA) is 77.1 Å². The molecule has 1 amide bonds. The first-order valence-electron chi connectivity index (χ1n) is 7.91. The predicted octanol–water partition coefficient (Wildman–Crippen LogP) is 2.57. The standard InChI is InChI=1S/C19H22N2O5/c1-21(2)14-7-5-13(6-8-14)19(23)26-12-18(22)20-16-10-9-15(24-3)11-17(16)25-4/h5-11H,12H2,1-4H3,(H,20,22). The van der Waals surface area contributed by atoms with E-state index in [-0.39, 0.29) is 0 Å². The fraction of sp³-hybridized carbons (Fsp3) is 0.263. The molecule has 0 spiro atoms.